The molecule has 1 aromatic heterocycles. The van der Waals surface area contributed by atoms with E-state index in [-0.39, 0.29) is 23.8 Å². The molecule has 1 fully saturated rings. The van der Waals surface area contributed by atoms with Crippen molar-refractivity contribution in [2.75, 3.05) is 18.5 Å². The van der Waals surface area contributed by atoms with E-state index in [0.717, 1.165) is 23.1 Å². The number of hydrogen-bond donors (Lipinski definition) is 6. The monoisotopic (exact) mass is 432 g/mol. The predicted octanol–water partition coefficient (Wildman–Crippen LogP) is 3.93. The number of aliphatic hydroxyl groups excluding tert-OH is 2. The van der Waals surface area contributed by atoms with Crippen molar-refractivity contribution in [1.29, 1.82) is 5.41 Å². The first kappa shape index (κ1) is 22.5. The lowest BCUT2D eigenvalue weighted by atomic mass is 9.77. The maximum absolute atomic E-state index is 10.0. The average molecular weight is 433 g/mol. The first-order chi connectivity index (χ1) is 14.5. The molecule has 2 aromatic rings. The standard InChI is InChI=1S/C22H32N4O3S/c1-2-3-14-4-6-15(7-5-14)16-8-10-17(11-9-16)25-22-19(21(29)26-30-22)20(23)24-12-18(28)13-27/h8-11,14-15,18,25,27-28H,2-7,12-13H2,1H3,(H2,23,24)(H,26,29). The summed E-state index contributed by atoms with van der Waals surface area (Å²) < 4.78 is 3.94. The molecule has 30 heavy (non-hydrogen) atoms. The van der Waals surface area contributed by atoms with E-state index in [1.807, 2.05) is 12.1 Å². The van der Waals surface area contributed by atoms with Crippen LogP contribution >= 0.6 is 11.5 Å². The Kier molecular flexibility index (Phi) is 8.07. The number of aromatic hydroxyl groups is 1. The SMILES string of the molecule is CCCC1CCC(c2ccc(Nc3snc(O)c3C(=N)NCC(O)CO)cc2)CC1. The molecule has 0 aliphatic heterocycles. The van der Waals surface area contributed by atoms with Crippen LogP contribution in [0.1, 0.15) is 62.5 Å². The Labute approximate surface area is 181 Å². The molecular weight excluding hydrogens is 400 g/mol. The van der Waals surface area contributed by atoms with Crippen LogP contribution in [0, 0.1) is 11.3 Å². The van der Waals surface area contributed by atoms with E-state index in [0.29, 0.717) is 10.9 Å². The largest absolute Gasteiger partial charge is 0.492 e. The quantitative estimate of drug-likeness (QED) is 0.264. The van der Waals surface area contributed by atoms with Crippen molar-refractivity contribution >= 4 is 28.1 Å². The minimum Gasteiger partial charge on any atom is -0.492 e. The number of nitrogens with zero attached hydrogens (tertiary/aromatic N) is 1. The molecule has 1 saturated carbocycles. The highest BCUT2D eigenvalue weighted by molar-refractivity contribution is 7.11. The summed E-state index contributed by atoms with van der Waals surface area (Å²) in [4.78, 5) is 0. The smallest absolute Gasteiger partial charge is 0.236 e. The fraction of sp³-hybridized carbons (Fsp3) is 0.545. The van der Waals surface area contributed by atoms with Gasteiger partial charge < -0.3 is 26.0 Å². The van der Waals surface area contributed by atoms with Crippen LogP contribution in [0.5, 0.6) is 5.88 Å². The van der Waals surface area contributed by atoms with E-state index in [2.05, 4.69) is 34.1 Å². The van der Waals surface area contributed by atoms with E-state index in [4.69, 9.17) is 10.5 Å². The van der Waals surface area contributed by atoms with Gasteiger partial charge in [-0.05, 0) is 66.7 Å². The van der Waals surface area contributed by atoms with Gasteiger partial charge in [0.25, 0.3) is 0 Å². The number of benzene rings is 1. The van der Waals surface area contributed by atoms with Gasteiger partial charge in [-0.25, -0.2) is 0 Å². The summed E-state index contributed by atoms with van der Waals surface area (Å²) in [5.74, 6) is 1.23. The summed E-state index contributed by atoms with van der Waals surface area (Å²) in [7, 11) is 0. The summed E-state index contributed by atoms with van der Waals surface area (Å²) in [5.41, 5.74) is 2.49. The highest BCUT2D eigenvalue weighted by Crippen LogP contribution is 2.38. The third-order valence-electron chi connectivity index (χ3n) is 5.83. The first-order valence-corrected chi connectivity index (χ1v) is 11.5. The van der Waals surface area contributed by atoms with Crippen molar-refractivity contribution in [2.24, 2.45) is 5.92 Å². The van der Waals surface area contributed by atoms with Crippen molar-refractivity contribution in [1.82, 2.24) is 9.69 Å². The lowest BCUT2D eigenvalue weighted by Crippen LogP contribution is -2.34. The topological polar surface area (TPSA) is 121 Å². The van der Waals surface area contributed by atoms with Gasteiger partial charge in [-0.2, -0.15) is 4.37 Å². The Hall–Kier alpha value is -2.16. The average Bonchev–Trinajstić information content (AvgIpc) is 3.13. The van der Waals surface area contributed by atoms with Gasteiger partial charge in [-0.3, -0.25) is 5.41 Å². The second kappa shape index (κ2) is 10.7. The van der Waals surface area contributed by atoms with Gasteiger partial charge in [-0.15, -0.1) is 0 Å². The molecular formula is C22H32N4O3S. The second-order valence-electron chi connectivity index (χ2n) is 8.06. The van der Waals surface area contributed by atoms with Crippen LogP contribution < -0.4 is 10.6 Å². The van der Waals surface area contributed by atoms with Gasteiger partial charge in [0.2, 0.25) is 5.88 Å². The van der Waals surface area contributed by atoms with Gasteiger partial charge in [-0.1, -0.05) is 31.9 Å². The Morgan fingerprint density at radius 3 is 2.57 bits per heavy atom. The van der Waals surface area contributed by atoms with Gasteiger partial charge in [0.05, 0.1) is 12.7 Å². The number of anilines is 2. The van der Waals surface area contributed by atoms with Crippen molar-refractivity contribution in [2.45, 2.75) is 57.5 Å². The number of hydrogen-bond acceptors (Lipinski definition) is 7. The maximum Gasteiger partial charge on any atom is 0.236 e. The van der Waals surface area contributed by atoms with Gasteiger partial charge in [0, 0.05) is 12.2 Å². The minimum absolute atomic E-state index is 0.0132. The lowest BCUT2D eigenvalue weighted by molar-refractivity contribution is 0.0982. The number of aromatic nitrogens is 1. The fourth-order valence-corrected chi connectivity index (χ4v) is 4.84. The van der Waals surface area contributed by atoms with Crippen LogP contribution in [-0.2, 0) is 0 Å². The molecule has 8 heteroatoms. The van der Waals surface area contributed by atoms with Crippen LogP contribution in [0.3, 0.4) is 0 Å². The fourth-order valence-electron chi connectivity index (χ4n) is 4.13. The van der Waals surface area contributed by atoms with Crippen molar-refractivity contribution in [3.05, 3.63) is 35.4 Å². The van der Waals surface area contributed by atoms with E-state index in [1.54, 1.807) is 0 Å². The highest BCUT2D eigenvalue weighted by atomic mass is 32.1. The molecule has 3 rings (SSSR count). The molecule has 164 valence electrons. The Balaban J connectivity index is 1.62. The maximum atomic E-state index is 10.0. The molecule has 0 amide bonds. The minimum atomic E-state index is -0.972. The van der Waals surface area contributed by atoms with Crippen LogP contribution in [0.15, 0.2) is 24.3 Å². The zero-order chi connectivity index (χ0) is 21.5. The molecule has 7 nitrogen and oxygen atoms in total. The predicted molar refractivity (Wildman–Crippen MR) is 121 cm³/mol. The van der Waals surface area contributed by atoms with Crippen LogP contribution in [-0.4, -0.2) is 44.8 Å². The van der Waals surface area contributed by atoms with E-state index >= 15 is 0 Å². The molecule has 6 N–H and O–H groups in total. The normalized spacial score (nSPS) is 20.0. The summed E-state index contributed by atoms with van der Waals surface area (Å²) in [6, 6.07) is 8.38. The van der Waals surface area contributed by atoms with Gasteiger partial charge in [0.15, 0.2) is 0 Å². The first-order valence-electron chi connectivity index (χ1n) is 10.7. The highest BCUT2D eigenvalue weighted by Gasteiger charge is 2.22. The van der Waals surface area contributed by atoms with E-state index in [9.17, 15) is 10.2 Å². The molecule has 1 aliphatic rings. The molecule has 0 bridgehead atoms. The molecule has 1 aromatic carbocycles. The second-order valence-corrected chi connectivity index (χ2v) is 8.83. The van der Waals surface area contributed by atoms with Crippen molar-refractivity contribution in [3.63, 3.8) is 0 Å². The van der Waals surface area contributed by atoms with Crippen LogP contribution in [0.4, 0.5) is 10.7 Å². The van der Waals surface area contributed by atoms with E-state index < -0.39 is 12.7 Å². The summed E-state index contributed by atoms with van der Waals surface area (Å²) in [6.45, 7) is 1.88. The zero-order valence-electron chi connectivity index (χ0n) is 17.4. The molecule has 1 aliphatic carbocycles. The summed E-state index contributed by atoms with van der Waals surface area (Å²) in [6.07, 6.45) is 6.81. The van der Waals surface area contributed by atoms with Crippen LogP contribution in [0.25, 0.3) is 0 Å². The molecule has 1 unspecified atom stereocenters. The summed E-state index contributed by atoms with van der Waals surface area (Å²) in [5, 5.41) is 43.0. The van der Waals surface area contributed by atoms with Crippen molar-refractivity contribution < 1.29 is 15.3 Å². The van der Waals surface area contributed by atoms with Crippen LogP contribution in [0.2, 0.25) is 0 Å². The van der Waals surface area contributed by atoms with E-state index in [1.165, 1.54) is 44.1 Å². The zero-order valence-corrected chi connectivity index (χ0v) is 18.2. The molecule has 0 saturated heterocycles. The third-order valence-corrected chi connectivity index (χ3v) is 6.59. The lowest BCUT2D eigenvalue weighted by Gasteiger charge is -2.28. The number of aliphatic hydroxyl groups is 2. The molecule has 1 heterocycles. The van der Waals surface area contributed by atoms with Crippen molar-refractivity contribution in [3.8, 4) is 5.88 Å². The Bertz CT molecular complexity index is 816. The third kappa shape index (κ3) is 5.71. The summed E-state index contributed by atoms with van der Waals surface area (Å²) >= 11 is 1.07. The number of amidine groups is 1. The molecule has 0 radical (unpaired) electrons. The number of rotatable bonds is 9. The van der Waals surface area contributed by atoms with Gasteiger partial charge in [0.1, 0.15) is 16.4 Å². The van der Waals surface area contributed by atoms with Gasteiger partial charge >= 0.3 is 0 Å². The number of nitrogens with one attached hydrogen (secondary N) is 3. The Morgan fingerprint density at radius 2 is 1.93 bits per heavy atom. The Morgan fingerprint density at radius 1 is 1.23 bits per heavy atom. The molecule has 1 atom stereocenters. The molecule has 0 spiro atoms.